The molecule has 1 aliphatic carbocycles. The predicted octanol–water partition coefficient (Wildman–Crippen LogP) is 0.947. The minimum absolute atomic E-state index is 0.0573. The highest BCUT2D eigenvalue weighted by molar-refractivity contribution is 5.85. The van der Waals surface area contributed by atoms with E-state index in [-0.39, 0.29) is 5.69 Å². The Balaban J connectivity index is 2.06. The molecule has 0 atom stereocenters. The molecule has 5 nitrogen and oxygen atoms in total. The third-order valence-corrected chi connectivity index (χ3v) is 1.65. The number of aromatic nitrogens is 1. The van der Waals surface area contributed by atoms with Gasteiger partial charge in [-0.2, -0.15) is 0 Å². The molecule has 64 valence electrons. The van der Waals surface area contributed by atoms with Gasteiger partial charge in [0.15, 0.2) is 5.69 Å². The average molecular weight is 168 g/mol. The van der Waals surface area contributed by atoms with Gasteiger partial charge in [0, 0.05) is 12.1 Å². The molecule has 2 rings (SSSR count). The first-order valence-corrected chi connectivity index (χ1v) is 3.72. The van der Waals surface area contributed by atoms with Gasteiger partial charge >= 0.3 is 5.97 Å². The maximum Gasteiger partial charge on any atom is 0.358 e. The van der Waals surface area contributed by atoms with E-state index in [0.717, 1.165) is 12.8 Å². The molecule has 0 aromatic carbocycles. The van der Waals surface area contributed by atoms with Crippen molar-refractivity contribution in [3.05, 3.63) is 11.8 Å². The van der Waals surface area contributed by atoms with Crippen molar-refractivity contribution in [2.45, 2.75) is 18.9 Å². The van der Waals surface area contributed by atoms with Crippen LogP contribution in [0, 0.1) is 0 Å². The first-order valence-electron chi connectivity index (χ1n) is 3.72. The topological polar surface area (TPSA) is 75.4 Å². The van der Waals surface area contributed by atoms with Crippen LogP contribution in [0.1, 0.15) is 23.3 Å². The maximum atomic E-state index is 10.4. The summed E-state index contributed by atoms with van der Waals surface area (Å²) in [5.74, 6) is -0.627. The molecule has 5 heteroatoms. The van der Waals surface area contributed by atoms with E-state index < -0.39 is 5.97 Å². The molecule has 12 heavy (non-hydrogen) atoms. The van der Waals surface area contributed by atoms with Gasteiger partial charge in [0.25, 0.3) is 0 Å². The molecular formula is C7H8N2O3. The molecule has 1 aromatic rings. The highest BCUT2D eigenvalue weighted by atomic mass is 16.5. The average Bonchev–Trinajstić information content (AvgIpc) is 2.66. The Labute approximate surface area is 68.4 Å². The van der Waals surface area contributed by atoms with E-state index in [2.05, 4.69) is 10.5 Å². The van der Waals surface area contributed by atoms with Crippen LogP contribution in [0.4, 0.5) is 5.88 Å². The molecule has 1 saturated carbocycles. The molecule has 2 N–H and O–H groups in total. The maximum absolute atomic E-state index is 10.4. The van der Waals surface area contributed by atoms with E-state index in [4.69, 9.17) is 9.63 Å². The zero-order valence-corrected chi connectivity index (χ0v) is 6.28. The SMILES string of the molecule is O=C(O)c1cc(NC2CC2)on1. The summed E-state index contributed by atoms with van der Waals surface area (Å²) in [6.45, 7) is 0. The summed E-state index contributed by atoms with van der Waals surface area (Å²) in [5, 5.41) is 14.9. The number of anilines is 1. The van der Waals surface area contributed by atoms with Crippen LogP contribution in [0.3, 0.4) is 0 Å². The number of hydrogen-bond donors (Lipinski definition) is 2. The Morgan fingerprint density at radius 2 is 2.50 bits per heavy atom. The number of rotatable bonds is 3. The zero-order valence-electron chi connectivity index (χ0n) is 6.28. The number of nitrogens with one attached hydrogen (secondary N) is 1. The van der Waals surface area contributed by atoms with E-state index >= 15 is 0 Å². The van der Waals surface area contributed by atoms with Crippen LogP contribution in [0.15, 0.2) is 10.6 Å². The fraction of sp³-hybridized carbons (Fsp3) is 0.429. The first kappa shape index (κ1) is 7.15. The third-order valence-electron chi connectivity index (χ3n) is 1.65. The van der Waals surface area contributed by atoms with Gasteiger partial charge in [-0.05, 0) is 12.8 Å². The number of aromatic carboxylic acids is 1. The molecule has 0 spiro atoms. The molecule has 0 saturated heterocycles. The quantitative estimate of drug-likeness (QED) is 0.702. The molecule has 1 heterocycles. The van der Waals surface area contributed by atoms with E-state index in [1.165, 1.54) is 6.07 Å². The second-order valence-electron chi connectivity index (χ2n) is 2.80. The summed E-state index contributed by atoms with van der Waals surface area (Å²) in [7, 11) is 0. The number of carbonyl (C=O) groups is 1. The number of hydrogen-bond acceptors (Lipinski definition) is 4. The van der Waals surface area contributed by atoms with Gasteiger partial charge in [-0.1, -0.05) is 5.16 Å². The lowest BCUT2D eigenvalue weighted by molar-refractivity contribution is 0.0686. The highest BCUT2D eigenvalue weighted by Crippen LogP contribution is 2.24. The van der Waals surface area contributed by atoms with Crippen LogP contribution in [0.5, 0.6) is 0 Å². The normalized spacial score (nSPS) is 16.0. The summed E-state index contributed by atoms with van der Waals surface area (Å²) in [6, 6.07) is 1.83. The predicted molar refractivity (Wildman–Crippen MR) is 40.1 cm³/mol. The van der Waals surface area contributed by atoms with Crippen molar-refractivity contribution in [1.82, 2.24) is 5.16 Å². The Morgan fingerprint density at radius 3 is 3.00 bits per heavy atom. The fourth-order valence-electron chi connectivity index (χ4n) is 0.873. The molecule has 0 unspecified atom stereocenters. The van der Waals surface area contributed by atoms with Crippen molar-refractivity contribution in [3.63, 3.8) is 0 Å². The standard InChI is InChI=1S/C7H8N2O3/c10-7(11)5-3-6(12-9-5)8-4-1-2-4/h3-4,8H,1-2H2,(H,10,11). The van der Waals surface area contributed by atoms with Crippen molar-refractivity contribution < 1.29 is 14.4 Å². The molecular weight excluding hydrogens is 160 g/mol. The third kappa shape index (κ3) is 1.39. The van der Waals surface area contributed by atoms with Gasteiger partial charge in [0.1, 0.15) is 0 Å². The van der Waals surface area contributed by atoms with Crippen molar-refractivity contribution in [1.29, 1.82) is 0 Å². The Kier molecular flexibility index (Phi) is 1.49. The number of carboxylic acid groups (broad SMARTS) is 1. The van der Waals surface area contributed by atoms with Crippen molar-refractivity contribution in [2.24, 2.45) is 0 Å². The van der Waals surface area contributed by atoms with Crippen molar-refractivity contribution in [3.8, 4) is 0 Å². The summed E-state index contributed by atoms with van der Waals surface area (Å²) in [4.78, 5) is 10.4. The Morgan fingerprint density at radius 1 is 1.75 bits per heavy atom. The largest absolute Gasteiger partial charge is 0.476 e. The fourth-order valence-corrected chi connectivity index (χ4v) is 0.873. The van der Waals surface area contributed by atoms with Crippen LogP contribution >= 0.6 is 0 Å². The summed E-state index contributed by atoms with van der Waals surface area (Å²) in [5.41, 5.74) is -0.0573. The summed E-state index contributed by atoms with van der Waals surface area (Å²) < 4.78 is 4.73. The van der Waals surface area contributed by atoms with Crippen LogP contribution in [0.2, 0.25) is 0 Å². The molecule has 0 radical (unpaired) electrons. The van der Waals surface area contributed by atoms with Crippen LogP contribution in [0.25, 0.3) is 0 Å². The Bertz CT molecular complexity index is 303. The molecule has 0 amide bonds. The van der Waals surface area contributed by atoms with Gasteiger partial charge in [-0.3, -0.25) is 0 Å². The summed E-state index contributed by atoms with van der Waals surface area (Å²) >= 11 is 0. The monoisotopic (exact) mass is 168 g/mol. The molecule has 0 aliphatic heterocycles. The first-order chi connectivity index (χ1) is 5.75. The minimum atomic E-state index is -1.07. The Hall–Kier alpha value is -1.52. The smallest absolute Gasteiger partial charge is 0.358 e. The minimum Gasteiger partial charge on any atom is -0.476 e. The van der Waals surface area contributed by atoms with E-state index in [0.29, 0.717) is 11.9 Å². The van der Waals surface area contributed by atoms with Crippen LogP contribution in [-0.4, -0.2) is 22.3 Å². The number of carboxylic acids is 1. The molecule has 0 bridgehead atoms. The van der Waals surface area contributed by atoms with Crippen molar-refractivity contribution in [2.75, 3.05) is 5.32 Å². The zero-order chi connectivity index (χ0) is 8.55. The van der Waals surface area contributed by atoms with Crippen LogP contribution < -0.4 is 5.32 Å². The lowest BCUT2D eigenvalue weighted by Gasteiger charge is -1.93. The lowest BCUT2D eigenvalue weighted by atomic mass is 10.4. The van der Waals surface area contributed by atoms with Gasteiger partial charge in [-0.25, -0.2) is 4.79 Å². The van der Waals surface area contributed by atoms with Gasteiger partial charge in [0.2, 0.25) is 5.88 Å². The second kappa shape index (κ2) is 2.51. The number of nitrogens with zero attached hydrogens (tertiary/aromatic N) is 1. The summed E-state index contributed by atoms with van der Waals surface area (Å²) in [6.07, 6.45) is 2.23. The van der Waals surface area contributed by atoms with E-state index in [1.807, 2.05) is 0 Å². The lowest BCUT2D eigenvalue weighted by Crippen LogP contribution is -1.99. The molecule has 1 aliphatic rings. The van der Waals surface area contributed by atoms with Gasteiger partial charge < -0.3 is 14.9 Å². The second-order valence-corrected chi connectivity index (χ2v) is 2.80. The van der Waals surface area contributed by atoms with E-state index in [9.17, 15) is 4.79 Å². The van der Waals surface area contributed by atoms with Gasteiger partial charge in [-0.15, -0.1) is 0 Å². The molecule has 1 fully saturated rings. The van der Waals surface area contributed by atoms with Crippen LogP contribution in [-0.2, 0) is 0 Å². The molecule has 1 aromatic heterocycles. The highest BCUT2D eigenvalue weighted by Gasteiger charge is 2.23. The van der Waals surface area contributed by atoms with Gasteiger partial charge in [0.05, 0.1) is 0 Å². The van der Waals surface area contributed by atoms with E-state index in [1.54, 1.807) is 0 Å². The van der Waals surface area contributed by atoms with Crippen molar-refractivity contribution >= 4 is 11.9 Å².